The summed E-state index contributed by atoms with van der Waals surface area (Å²) in [5.74, 6) is 0.524. The number of nitrogens with zero attached hydrogens (tertiary/aromatic N) is 2. The van der Waals surface area contributed by atoms with Gasteiger partial charge in [-0.2, -0.15) is 0 Å². The van der Waals surface area contributed by atoms with Gasteiger partial charge in [-0.05, 0) is 32.7 Å². The van der Waals surface area contributed by atoms with Crippen molar-refractivity contribution in [3.8, 4) is 0 Å². The van der Waals surface area contributed by atoms with E-state index in [2.05, 4.69) is 23.7 Å². The van der Waals surface area contributed by atoms with Gasteiger partial charge in [0.15, 0.2) is 0 Å². The van der Waals surface area contributed by atoms with Crippen LogP contribution >= 0.6 is 11.3 Å². The summed E-state index contributed by atoms with van der Waals surface area (Å²) in [5, 5.41) is 10.8. The summed E-state index contributed by atoms with van der Waals surface area (Å²) in [6.45, 7) is 8.43. The van der Waals surface area contributed by atoms with Crippen LogP contribution in [-0.4, -0.2) is 33.7 Å². The molecule has 1 fully saturated rings. The van der Waals surface area contributed by atoms with Crippen molar-refractivity contribution in [3.63, 3.8) is 0 Å². The molecule has 1 aliphatic heterocycles. The Bertz CT molecular complexity index is 376. The summed E-state index contributed by atoms with van der Waals surface area (Å²) in [5.41, 5.74) is 0. The standard InChI is InChI=1S/C14H24N2OS/c1-10(2)14-15-8-13(18-14)9-16-6-4-5-12(16)7-11(3)17/h8,10-12,17H,4-7,9H2,1-3H3. The van der Waals surface area contributed by atoms with Crippen LogP contribution in [0.3, 0.4) is 0 Å². The molecule has 0 spiro atoms. The molecule has 0 saturated carbocycles. The lowest BCUT2D eigenvalue weighted by Crippen LogP contribution is -2.31. The Kier molecular flexibility index (Phi) is 4.76. The summed E-state index contributed by atoms with van der Waals surface area (Å²) in [6, 6.07) is 0.551. The van der Waals surface area contributed by atoms with Gasteiger partial charge in [-0.25, -0.2) is 4.98 Å². The van der Waals surface area contributed by atoms with Gasteiger partial charge in [0.1, 0.15) is 0 Å². The van der Waals surface area contributed by atoms with Gasteiger partial charge in [0.05, 0.1) is 11.1 Å². The van der Waals surface area contributed by atoms with Crippen molar-refractivity contribution in [1.29, 1.82) is 0 Å². The molecule has 2 rings (SSSR count). The molecule has 102 valence electrons. The van der Waals surface area contributed by atoms with Crippen molar-refractivity contribution in [1.82, 2.24) is 9.88 Å². The van der Waals surface area contributed by atoms with Crippen LogP contribution in [0.25, 0.3) is 0 Å². The molecule has 1 N–H and O–H groups in total. The van der Waals surface area contributed by atoms with E-state index >= 15 is 0 Å². The van der Waals surface area contributed by atoms with Gasteiger partial charge in [-0.1, -0.05) is 13.8 Å². The van der Waals surface area contributed by atoms with E-state index < -0.39 is 0 Å². The first kappa shape index (κ1) is 14.0. The van der Waals surface area contributed by atoms with Gasteiger partial charge in [0.2, 0.25) is 0 Å². The number of thiazole rings is 1. The van der Waals surface area contributed by atoms with E-state index in [0.29, 0.717) is 12.0 Å². The fourth-order valence-electron chi connectivity index (χ4n) is 2.63. The summed E-state index contributed by atoms with van der Waals surface area (Å²) in [7, 11) is 0. The van der Waals surface area contributed by atoms with Crippen molar-refractivity contribution in [2.45, 2.75) is 64.6 Å². The molecule has 1 aromatic rings. The molecule has 2 atom stereocenters. The number of hydrogen-bond acceptors (Lipinski definition) is 4. The van der Waals surface area contributed by atoms with E-state index in [0.717, 1.165) is 19.5 Å². The lowest BCUT2D eigenvalue weighted by molar-refractivity contribution is 0.131. The Morgan fingerprint density at radius 3 is 2.89 bits per heavy atom. The fraction of sp³-hybridized carbons (Fsp3) is 0.786. The van der Waals surface area contributed by atoms with Crippen LogP contribution in [-0.2, 0) is 6.54 Å². The highest BCUT2D eigenvalue weighted by molar-refractivity contribution is 7.11. The number of aliphatic hydroxyl groups is 1. The number of likely N-dealkylation sites (tertiary alicyclic amines) is 1. The van der Waals surface area contributed by atoms with Gasteiger partial charge >= 0.3 is 0 Å². The second-order valence-corrected chi connectivity index (χ2v) is 6.82. The van der Waals surface area contributed by atoms with Crippen LogP contribution in [0, 0.1) is 0 Å². The highest BCUT2D eigenvalue weighted by atomic mass is 32.1. The molecular formula is C14H24N2OS. The second-order valence-electron chi connectivity index (χ2n) is 5.67. The zero-order chi connectivity index (χ0) is 13.1. The Morgan fingerprint density at radius 1 is 1.50 bits per heavy atom. The fourth-order valence-corrected chi connectivity index (χ4v) is 3.57. The smallest absolute Gasteiger partial charge is 0.0953 e. The van der Waals surface area contributed by atoms with E-state index in [9.17, 15) is 5.11 Å². The van der Waals surface area contributed by atoms with Crippen LogP contribution in [0.2, 0.25) is 0 Å². The number of aromatic nitrogens is 1. The van der Waals surface area contributed by atoms with Crippen LogP contribution in [0.15, 0.2) is 6.20 Å². The lowest BCUT2D eigenvalue weighted by Gasteiger charge is -2.24. The predicted octanol–water partition coefficient (Wildman–Crippen LogP) is 3.00. The molecular weight excluding hydrogens is 244 g/mol. The van der Waals surface area contributed by atoms with Gasteiger partial charge in [-0.3, -0.25) is 4.90 Å². The topological polar surface area (TPSA) is 36.4 Å². The summed E-state index contributed by atoms with van der Waals surface area (Å²) in [6.07, 6.45) is 5.21. The van der Waals surface area contributed by atoms with Gasteiger partial charge in [0, 0.05) is 29.6 Å². The molecule has 18 heavy (non-hydrogen) atoms. The minimum atomic E-state index is -0.191. The molecule has 1 aliphatic rings. The third-order valence-corrected chi connectivity index (χ3v) is 4.82. The van der Waals surface area contributed by atoms with Crippen LogP contribution in [0.4, 0.5) is 0 Å². The van der Waals surface area contributed by atoms with Gasteiger partial charge < -0.3 is 5.11 Å². The van der Waals surface area contributed by atoms with Crippen LogP contribution in [0.5, 0.6) is 0 Å². The van der Waals surface area contributed by atoms with Crippen molar-refractivity contribution in [2.75, 3.05) is 6.54 Å². The maximum absolute atomic E-state index is 9.54. The first-order valence-electron chi connectivity index (χ1n) is 6.93. The molecule has 3 nitrogen and oxygen atoms in total. The molecule has 2 heterocycles. The average Bonchev–Trinajstić information content (AvgIpc) is 2.89. The molecule has 0 aromatic carbocycles. The summed E-state index contributed by atoms with van der Waals surface area (Å²) >= 11 is 1.83. The third-order valence-electron chi connectivity index (χ3n) is 3.54. The SMILES string of the molecule is CC(O)CC1CCCN1Cc1cnc(C(C)C)s1. The van der Waals surface area contributed by atoms with Crippen LogP contribution in [0.1, 0.15) is 55.8 Å². The van der Waals surface area contributed by atoms with E-state index in [1.165, 1.54) is 22.7 Å². The molecule has 4 heteroatoms. The lowest BCUT2D eigenvalue weighted by atomic mass is 10.1. The number of hydrogen-bond donors (Lipinski definition) is 1. The zero-order valence-electron chi connectivity index (χ0n) is 11.6. The highest BCUT2D eigenvalue weighted by Gasteiger charge is 2.26. The average molecular weight is 268 g/mol. The first-order valence-corrected chi connectivity index (χ1v) is 7.74. The molecule has 0 amide bonds. The molecule has 0 bridgehead atoms. The molecule has 0 aliphatic carbocycles. The predicted molar refractivity (Wildman–Crippen MR) is 75.9 cm³/mol. The molecule has 1 saturated heterocycles. The Balaban J connectivity index is 1.94. The quantitative estimate of drug-likeness (QED) is 0.892. The van der Waals surface area contributed by atoms with Crippen molar-refractivity contribution in [3.05, 3.63) is 16.1 Å². The molecule has 2 unspecified atom stereocenters. The van der Waals surface area contributed by atoms with Crippen LogP contribution < -0.4 is 0 Å². The van der Waals surface area contributed by atoms with Gasteiger partial charge in [0.25, 0.3) is 0 Å². The van der Waals surface area contributed by atoms with E-state index in [-0.39, 0.29) is 6.10 Å². The minimum absolute atomic E-state index is 0.191. The Morgan fingerprint density at radius 2 is 2.28 bits per heavy atom. The largest absolute Gasteiger partial charge is 0.393 e. The summed E-state index contributed by atoms with van der Waals surface area (Å²) < 4.78 is 0. The first-order chi connectivity index (χ1) is 8.56. The van der Waals surface area contributed by atoms with Crippen molar-refractivity contribution < 1.29 is 5.11 Å². The maximum Gasteiger partial charge on any atom is 0.0953 e. The molecule has 1 aromatic heterocycles. The van der Waals surface area contributed by atoms with Gasteiger partial charge in [-0.15, -0.1) is 11.3 Å². The number of aliphatic hydroxyl groups excluding tert-OH is 1. The summed E-state index contributed by atoms with van der Waals surface area (Å²) in [4.78, 5) is 8.35. The zero-order valence-corrected chi connectivity index (χ0v) is 12.4. The van der Waals surface area contributed by atoms with Crippen molar-refractivity contribution >= 4 is 11.3 Å². The Hall–Kier alpha value is -0.450. The van der Waals surface area contributed by atoms with E-state index in [1.807, 2.05) is 24.5 Å². The Labute approximate surface area is 114 Å². The normalized spacial score (nSPS) is 22.8. The van der Waals surface area contributed by atoms with E-state index in [1.54, 1.807) is 0 Å². The highest BCUT2D eigenvalue weighted by Crippen LogP contribution is 2.27. The van der Waals surface area contributed by atoms with Crippen molar-refractivity contribution in [2.24, 2.45) is 0 Å². The monoisotopic (exact) mass is 268 g/mol. The van der Waals surface area contributed by atoms with E-state index in [4.69, 9.17) is 0 Å². The minimum Gasteiger partial charge on any atom is -0.393 e. The molecule has 0 radical (unpaired) electrons. The maximum atomic E-state index is 9.54. The number of rotatable bonds is 5. The second kappa shape index (κ2) is 6.13. The third kappa shape index (κ3) is 3.53.